The Balaban J connectivity index is 1.59. The molecule has 1 atom stereocenters. The molecule has 0 radical (unpaired) electrons. The SMILES string of the molecule is C=CCn1c(COc2ccc(F)cc2)nnc1SCC[S@](=O)c1ccccc1. The molecule has 0 fully saturated rings. The molecule has 146 valence electrons. The lowest BCUT2D eigenvalue weighted by molar-refractivity contribution is 0.288. The van der Waals surface area contributed by atoms with Gasteiger partial charge in [-0.3, -0.25) is 8.78 Å². The monoisotopic (exact) mass is 417 g/mol. The molecular formula is C20H20FN3O2S2. The van der Waals surface area contributed by atoms with Crippen molar-refractivity contribution in [3.63, 3.8) is 0 Å². The summed E-state index contributed by atoms with van der Waals surface area (Å²) in [7, 11) is -1.04. The Kier molecular flexibility index (Phi) is 7.39. The molecule has 0 aliphatic rings. The van der Waals surface area contributed by atoms with Gasteiger partial charge in [0.1, 0.15) is 18.2 Å². The predicted octanol–water partition coefficient (Wildman–Crippen LogP) is 4.08. The van der Waals surface area contributed by atoms with Crippen molar-refractivity contribution in [2.24, 2.45) is 0 Å². The second-order valence-corrected chi connectivity index (χ2v) is 8.38. The van der Waals surface area contributed by atoms with Crippen molar-refractivity contribution in [2.45, 2.75) is 23.2 Å². The fourth-order valence-electron chi connectivity index (χ4n) is 2.42. The maximum Gasteiger partial charge on any atom is 0.191 e. The molecule has 3 rings (SSSR count). The molecule has 0 saturated carbocycles. The topological polar surface area (TPSA) is 57.0 Å². The van der Waals surface area contributed by atoms with Crippen LogP contribution < -0.4 is 4.74 Å². The van der Waals surface area contributed by atoms with Crippen molar-refractivity contribution < 1.29 is 13.3 Å². The quantitative estimate of drug-likeness (QED) is 0.367. The summed E-state index contributed by atoms with van der Waals surface area (Å²) in [5.74, 6) is 2.07. The molecule has 0 amide bonds. The van der Waals surface area contributed by atoms with Crippen molar-refractivity contribution in [1.82, 2.24) is 14.8 Å². The van der Waals surface area contributed by atoms with Crippen molar-refractivity contribution in [3.8, 4) is 5.75 Å². The lowest BCUT2D eigenvalue weighted by atomic mass is 10.3. The minimum atomic E-state index is -1.04. The van der Waals surface area contributed by atoms with Gasteiger partial charge < -0.3 is 4.74 Å². The smallest absolute Gasteiger partial charge is 0.191 e. The molecule has 0 aliphatic carbocycles. The van der Waals surface area contributed by atoms with E-state index < -0.39 is 10.8 Å². The number of nitrogens with zero attached hydrogens (tertiary/aromatic N) is 3. The van der Waals surface area contributed by atoms with Crippen molar-refractivity contribution in [1.29, 1.82) is 0 Å². The molecule has 28 heavy (non-hydrogen) atoms. The van der Waals surface area contributed by atoms with Crippen LogP contribution in [0, 0.1) is 5.82 Å². The summed E-state index contributed by atoms with van der Waals surface area (Å²) in [6.45, 7) is 4.53. The van der Waals surface area contributed by atoms with Crippen LogP contribution in [0.4, 0.5) is 4.39 Å². The molecule has 0 bridgehead atoms. The van der Waals surface area contributed by atoms with Crippen LogP contribution in [0.25, 0.3) is 0 Å². The Morgan fingerprint density at radius 1 is 1.14 bits per heavy atom. The maximum absolute atomic E-state index is 13.0. The highest BCUT2D eigenvalue weighted by Gasteiger charge is 2.13. The summed E-state index contributed by atoms with van der Waals surface area (Å²) in [5.41, 5.74) is 0. The highest BCUT2D eigenvalue weighted by atomic mass is 32.2. The second-order valence-electron chi connectivity index (χ2n) is 5.75. The lowest BCUT2D eigenvalue weighted by Crippen LogP contribution is -2.08. The molecule has 8 heteroatoms. The van der Waals surface area contributed by atoms with Gasteiger partial charge in [0, 0.05) is 22.9 Å². The normalized spacial score (nSPS) is 11.9. The molecule has 3 aromatic rings. The minimum Gasteiger partial charge on any atom is -0.486 e. The van der Waals surface area contributed by atoms with Crippen LogP contribution >= 0.6 is 11.8 Å². The van der Waals surface area contributed by atoms with Crippen LogP contribution in [0.5, 0.6) is 5.75 Å². The molecule has 2 aromatic carbocycles. The molecule has 0 unspecified atom stereocenters. The first-order valence-corrected chi connectivity index (χ1v) is 11.0. The van der Waals surface area contributed by atoms with Gasteiger partial charge in [0.25, 0.3) is 0 Å². The van der Waals surface area contributed by atoms with E-state index in [0.29, 0.717) is 29.6 Å². The van der Waals surface area contributed by atoms with E-state index in [0.717, 1.165) is 10.1 Å². The number of hydrogen-bond donors (Lipinski definition) is 0. The van der Waals surface area contributed by atoms with E-state index in [1.807, 2.05) is 34.9 Å². The third kappa shape index (κ3) is 5.53. The minimum absolute atomic E-state index is 0.211. The van der Waals surface area contributed by atoms with Gasteiger partial charge >= 0.3 is 0 Å². The number of aromatic nitrogens is 3. The standard InChI is InChI=1S/C20H20FN3O2S2/c1-2-12-24-19(15-26-17-10-8-16(21)9-11-17)22-23-20(24)27-13-14-28(25)18-6-4-3-5-7-18/h2-11H,1,12-15H2/t28-/m0/s1. The summed E-state index contributed by atoms with van der Waals surface area (Å²) < 4.78 is 32.9. The van der Waals surface area contributed by atoms with Crippen LogP contribution in [0.2, 0.25) is 0 Å². The van der Waals surface area contributed by atoms with Crippen LogP contribution in [-0.4, -0.2) is 30.5 Å². The van der Waals surface area contributed by atoms with Crippen LogP contribution in [0.1, 0.15) is 5.82 Å². The van der Waals surface area contributed by atoms with E-state index in [-0.39, 0.29) is 12.4 Å². The third-order valence-electron chi connectivity index (χ3n) is 3.79. The Bertz CT molecular complexity index is 930. The van der Waals surface area contributed by atoms with Crippen LogP contribution in [0.15, 0.2) is 77.3 Å². The molecule has 5 nitrogen and oxygen atoms in total. The van der Waals surface area contributed by atoms with E-state index in [4.69, 9.17) is 4.74 Å². The first-order chi connectivity index (χ1) is 13.7. The highest BCUT2D eigenvalue weighted by molar-refractivity contribution is 8.00. The lowest BCUT2D eigenvalue weighted by Gasteiger charge is -2.09. The highest BCUT2D eigenvalue weighted by Crippen LogP contribution is 2.20. The van der Waals surface area contributed by atoms with Gasteiger partial charge in [-0.2, -0.15) is 0 Å². The van der Waals surface area contributed by atoms with Gasteiger partial charge in [0.2, 0.25) is 0 Å². The van der Waals surface area contributed by atoms with E-state index in [1.54, 1.807) is 18.2 Å². The van der Waals surface area contributed by atoms with Crippen LogP contribution in [-0.2, 0) is 24.0 Å². The molecule has 0 aliphatic heterocycles. The first-order valence-electron chi connectivity index (χ1n) is 8.65. The van der Waals surface area contributed by atoms with Crippen molar-refractivity contribution in [2.75, 3.05) is 11.5 Å². The molecule has 1 aromatic heterocycles. The number of hydrogen-bond acceptors (Lipinski definition) is 5. The van der Waals surface area contributed by atoms with E-state index in [9.17, 15) is 8.60 Å². The fourth-order valence-corrected chi connectivity index (χ4v) is 4.67. The zero-order chi connectivity index (χ0) is 19.8. The average molecular weight is 418 g/mol. The maximum atomic E-state index is 13.0. The van der Waals surface area contributed by atoms with Gasteiger partial charge in [-0.15, -0.1) is 16.8 Å². The number of halogens is 1. The summed E-state index contributed by atoms with van der Waals surface area (Å²) in [6.07, 6.45) is 1.76. The van der Waals surface area contributed by atoms with E-state index >= 15 is 0 Å². The number of rotatable bonds is 10. The zero-order valence-electron chi connectivity index (χ0n) is 15.2. The number of allylic oxidation sites excluding steroid dienone is 1. The first kappa shape index (κ1) is 20.3. The van der Waals surface area contributed by atoms with Gasteiger partial charge in [0.15, 0.2) is 11.0 Å². The summed E-state index contributed by atoms with van der Waals surface area (Å²) in [6, 6.07) is 15.2. The largest absolute Gasteiger partial charge is 0.486 e. The molecule has 1 heterocycles. The Labute approximate surface area is 170 Å². The summed E-state index contributed by atoms with van der Waals surface area (Å²) in [4.78, 5) is 0.823. The molecule has 0 N–H and O–H groups in total. The number of ether oxygens (including phenoxy) is 1. The number of thioether (sulfide) groups is 1. The van der Waals surface area contributed by atoms with Gasteiger partial charge in [-0.25, -0.2) is 4.39 Å². The molecule has 0 spiro atoms. The fraction of sp³-hybridized carbons (Fsp3) is 0.200. The Morgan fingerprint density at radius 2 is 1.89 bits per heavy atom. The van der Waals surface area contributed by atoms with Crippen molar-refractivity contribution in [3.05, 3.63) is 78.9 Å². The van der Waals surface area contributed by atoms with Gasteiger partial charge in [-0.1, -0.05) is 36.0 Å². The second kappa shape index (κ2) is 10.2. The third-order valence-corrected chi connectivity index (χ3v) is 6.39. The van der Waals surface area contributed by atoms with E-state index in [1.165, 1.54) is 23.9 Å². The number of benzene rings is 2. The summed E-state index contributed by atoms with van der Waals surface area (Å²) in [5, 5.41) is 9.14. The van der Waals surface area contributed by atoms with E-state index in [2.05, 4.69) is 16.8 Å². The zero-order valence-corrected chi connectivity index (χ0v) is 16.8. The Hall–Kier alpha value is -2.45. The average Bonchev–Trinajstić information content (AvgIpc) is 3.10. The van der Waals surface area contributed by atoms with Crippen LogP contribution in [0.3, 0.4) is 0 Å². The van der Waals surface area contributed by atoms with Gasteiger partial charge in [0.05, 0.1) is 10.8 Å². The molecule has 0 saturated heterocycles. The van der Waals surface area contributed by atoms with Crippen molar-refractivity contribution >= 4 is 22.6 Å². The Morgan fingerprint density at radius 3 is 2.61 bits per heavy atom. The summed E-state index contributed by atoms with van der Waals surface area (Å²) >= 11 is 1.50. The predicted molar refractivity (Wildman–Crippen MR) is 109 cm³/mol. The van der Waals surface area contributed by atoms with Gasteiger partial charge in [-0.05, 0) is 36.4 Å². The molecular weight excluding hydrogens is 397 g/mol.